The number of halogens is 1. The zero-order chi connectivity index (χ0) is 13.0. The molecule has 1 amide bonds. The summed E-state index contributed by atoms with van der Waals surface area (Å²) in [4.78, 5) is 15.1. The molecule has 0 aromatic rings. The average Bonchev–Trinajstić information content (AvgIpc) is 2.71. The van der Waals surface area contributed by atoms with Crippen molar-refractivity contribution in [3.63, 3.8) is 0 Å². The zero-order valence-corrected chi connectivity index (χ0v) is 13.0. The van der Waals surface area contributed by atoms with E-state index in [1.165, 1.54) is 32.1 Å². The Kier molecular flexibility index (Phi) is 4.02. The molecule has 114 valence electrons. The van der Waals surface area contributed by atoms with Crippen molar-refractivity contribution < 1.29 is 4.79 Å². The van der Waals surface area contributed by atoms with Crippen LogP contribution in [0.25, 0.3) is 0 Å². The van der Waals surface area contributed by atoms with E-state index in [2.05, 4.69) is 4.90 Å². The van der Waals surface area contributed by atoms with Crippen LogP contribution in [0.15, 0.2) is 0 Å². The monoisotopic (exact) mass is 298 g/mol. The number of nitrogens with two attached hydrogens (primary N) is 1. The first-order valence-corrected chi connectivity index (χ1v) is 8.25. The molecule has 0 radical (unpaired) electrons. The average molecular weight is 299 g/mol. The van der Waals surface area contributed by atoms with Crippen LogP contribution in [0.2, 0.25) is 0 Å². The predicted molar refractivity (Wildman–Crippen MR) is 81.6 cm³/mol. The van der Waals surface area contributed by atoms with E-state index in [4.69, 9.17) is 5.73 Å². The Balaban J connectivity index is 0.00000121. The van der Waals surface area contributed by atoms with E-state index in [1.54, 1.807) is 0 Å². The van der Waals surface area contributed by atoms with Crippen LogP contribution in [0.5, 0.6) is 0 Å². The Morgan fingerprint density at radius 3 is 2.15 bits per heavy atom. The van der Waals surface area contributed by atoms with Gasteiger partial charge in [0.2, 0.25) is 5.91 Å². The molecule has 0 aromatic carbocycles. The Hall–Kier alpha value is -0.280. The van der Waals surface area contributed by atoms with Crippen LogP contribution >= 0.6 is 12.4 Å². The standard InChI is InChI=1S/C16H26N2O.ClH/c17-14-2-1-13(8-14)16(19)18-9-12-4-10-3-11(5-12)7-15(18)6-10;/h10-15H,1-9,17H2;1H. The van der Waals surface area contributed by atoms with Gasteiger partial charge in [-0.05, 0) is 69.1 Å². The molecule has 0 spiro atoms. The second-order valence-corrected chi connectivity index (χ2v) is 7.69. The van der Waals surface area contributed by atoms with Gasteiger partial charge in [0.05, 0.1) is 0 Å². The van der Waals surface area contributed by atoms with Gasteiger partial charge >= 0.3 is 0 Å². The molecule has 0 aromatic heterocycles. The minimum Gasteiger partial charge on any atom is -0.339 e. The van der Waals surface area contributed by atoms with Gasteiger partial charge in [0, 0.05) is 24.5 Å². The second-order valence-electron chi connectivity index (χ2n) is 7.69. The number of hydrogen-bond acceptors (Lipinski definition) is 2. The lowest BCUT2D eigenvalue weighted by molar-refractivity contribution is -0.138. The van der Waals surface area contributed by atoms with E-state index in [-0.39, 0.29) is 24.4 Å². The molecule has 2 N–H and O–H groups in total. The van der Waals surface area contributed by atoms with Crippen molar-refractivity contribution >= 4 is 18.3 Å². The Labute approximate surface area is 128 Å². The summed E-state index contributed by atoms with van der Waals surface area (Å²) in [5.41, 5.74) is 5.99. The van der Waals surface area contributed by atoms with E-state index in [1.807, 2.05) is 0 Å². The van der Waals surface area contributed by atoms with Crippen LogP contribution in [0.4, 0.5) is 0 Å². The van der Waals surface area contributed by atoms with Crippen molar-refractivity contribution in [2.24, 2.45) is 29.4 Å². The van der Waals surface area contributed by atoms with Crippen LogP contribution in [0, 0.1) is 23.7 Å². The molecule has 4 unspecified atom stereocenters. The molecular formula is C16H27ClN2O. The summed E-state index contributed by atoms with van der Waals surface area (Å²) >= 11 is 0. The van der Waals surface area contributed by atoms with Crippen LogP contribution in [0.3, 0.4) is 0 Å². The SMILES string of the molecule is Cl.NC1CCC(C(=O)N2CC3CC4CC(C3)CC2C4)C1. The van der Waals surface area contributed by atoms with Crippen molar-refractivity contribution in [2.75, 3.05) is 6.54 Å². The molecule has 4 heteroatoms. The first-order chi connectivity index (χ1) is 9.19. The normalized spacial score (nSPS) is 46.1. The Morgan fingerprint density at radius 1 is 0.900 bits per heavy atom. The zero-order valence-electron chi connectivity index (χ0n) is 12.2. The van der Waals surface area contributed by atoms with Crippen LogP contribution in [-0.2, 0) is 4.79 Å². The summed E-state index contributed by atoms with van der Waals surface area (Å²) in [6.45, 7) is 1.06. The number of carbonyl (C=O) groups is 1. The van der Waals surface area contributed by atoms with Crippen molar-refractivity contribution in [1.29, 1.82) is 0 Å². The molecule has 5 rings (SSSR count). The van der Waals surface area contributed by atoms with Gasteiger partial charge in [-0.25, -0.2) is 0 Å². The minimum atomic E-state index is 0. The maximum atomic E-state index is 12.8. The highest BCUT2D eigenvalue weighted by molar-refractivity contribution is 5.85. The highest BCUT2D eigenvalue weighted by Crippen LogP contribution is 2.48. The number of rotatable bonds is 1. The largest absolute Gasteiger partial charge is 0.339 e. The van der Waals surface area contributed by atoms with Crippen molar-refractivity contribution in [3.8, 4) is 0 Å². The van der Waals surface area contributed by atoms with Gasteiger partial charge < -0.3 is 10.6 Å². The third-order valence-electron chi connectivity index (χ3n) is 6.21. The fourth-order valence-corrected chi connectivity index (χ4v) is 5.53. The summed E-state index contributed by atoms with van der Waals surface area (Å²) in [5, 5.41) is 0. The molecule has 20 heavy (non-hydrogen) atoms. The molecule has 2 aliphatic heterocycles. The molecule has 5 fully saturated rings. The highest BCUT2D eigenvalue weighted by Gasteiger charge is 2.45. The van der Waals surface area contributed by atoms with E-state index >= 15 is 0 Å². The van der Waals surface area contributed by atoms with E-state index in [0.29, 0.717) is 11.9 Å². The minimum absolute atomic E-state index is 0. The Bertz CT molecular complexity index is 375. The number of carbonyl (C=O) groups excluding carboxylic acids is 1. The van der Waals surface area contributed by atoms with E-state index < -0.39 is 0 Å². The summed E-state index contributed by atoms with van der Waals surface area (Å²) in [6, 6.07) is 0.842. The lowest BCUT2D eigenvalue weighted by atomic mass is 9.68. The molecule has 5 aliphatic rings. The molecule has 4 bridgehead atoms. The van der Waals surface area contributed by atoms with Crippen molar-refractivity contribution in [2.45, 2.75) is 63.5 Å². The maximum absolute atomic E-state index is 12.8. The lowest BCUT2D eigenvalue weighted by Crippen LogP contribution is -2.44. The number of hydrogen-bond donors (Lipinski definition) is 1. The molecular weight excluding hydrogens is 272 g/mol. The summed E-state index contributed by atoms with van der Waals surface area (Å²) in [5.74, 6) is 3.34. The van der Waals surface area contributed by atoms with Crippen LogP contribution < -0.4 is 5.73 Å². The van der Waals surface area contributed by atoms with Gasteiger partial charge in [0.1, 0.15) is 0 Å². The Morgan fingerprint density at radius 2 is 1.55 bits per heavy atom. The summed E-state index contributed by atoms with van der Waals surface area (Å²) < 4.78 is 0. The van der Waals surface area contributed by atoms with E-state index in [0.717, 1.165) is 43.6 Å². The number of nitrogens with zero attached hydrogens (tertiary/aromatic N) is 1. The van der Waals surface area contributed by atoms with Crippen LogP contribution in [0.1, 0.15) is 51.4 Å². The molecule has 4 atom stereocenters. The number of amides is 1. The third kappa shape index (κ3) is 2.48. The van der Waals surface area contributed by atoms with Crippen LogP contribution in [-0.4, -0.2) is 29.4 Å². The molecule has 2 heterocycles. The van der Waals surface area contributed by atoms with E-state index in [9.17, 15) is 4.79 Å². The van der Waals surface area contributed by atoms with Crippen molar-refractivity contribution in [3.05, 3.63) is 0 Å². The maximum Gasteiger partial charge on any atom is 0.225 e. The fraction of sp³-hybridized carbons (Fsp3) is 0.938. The quantitative estimate of drug-likeness (QED) is 0.809. The van der Waals surface area contributed by atoms with Gasteiger partial charge in [-0.2, -0.15) is 0 Å². The van der Waals surface area contributed by atoms with Gasteiger partial charge in [0.15, 0.2) is 0 Å². The fourth-order valence-electron chi connectivity index (χ4n) is 5.53. The first kappa shape index (κ1) is 14.6. The molecule has 3 nitrogen and oxygen atoms in total. The van der Waals surface area contributed by atoms with Gasteiger partial charge in [-0.15, -0.1) is 12.4 Å². The topological polar surface area (TPSA) is 46.3 Å². The third-order valence-corrected chi connectivity index (χ3v) is 6.21. The van der Waals surface area contributed by atoms with Crippen molar-refractivity contribution in [1.82, 2.24) is 4.90 Å². The molecule has 3 aliphatic carbocycles. The van der Waals surface area contributed by atoms with Gasteiger partial charge in [-0.3, -0.25) is 4.79 Å². The predicted octanol–water partition coefficient (Wildman–Crippen LogP) is 2.57. The molecule has 2 saturated heterocycles. The van der Waals surface area contributed by atoms with Gasteiger partial charge in [0.25, 0.3) is 0 Å². The summed E-state index contributed by atoms with van der Waals surface area (Å²) in [7, 11) is 0. The molecule has 3 saturated carbocycles. The first-order valence-electron chi connectivity index (χ1n) is 8.25. The lowest BCUT2D eigenvalue weighted by Gasteiger charge is -2.39. The highest BCUT2D eigenvalue weighted by atomic mass is 35.5. The summed E-state index contributed by atoms with van der Waals surface area (Å²) in [6.07, 6.45) is 9.81. The van der Waals surface area contributed by atoms with Gasteiger partial charge in [-0.1, -0.05) is 0 Å². The smallest absolute Gasteiger partial charge is 0.225 e. The second kappa shape index (κ2) is 5.49. The number of fused-ring (bicyclic) bond motifs is 1.